The fourth-order valence-electron chi connectivity index (χ4n) is 10.0. The van der Waals surface area contributed by atoms with Crippen molar-refractivity contribution in [3.8, 4) is 5.69 Å². The molecule has 0 saturated carbocycles. The molecule has 10 aromatic heterocycles. The van der Waals surface area contributed by atoms with Crippen molar-refractivity contribution in [3.05, 3.63) is 191 Å². The van der Waals surface area contributed by atoms with Crippen molar-refractivity contribution in [1.29, 1.82) is 0 Å². The van der Waals surface area contributed by atoms with Crippen LogP contribution in [-0.4, -0.2) is 106 Å². The highest BCUT2D eigenvalue weighted by atomic mass is 16.2. The molecule has 11 aromatic rings. The molecule has 0 radical (unpaired) electrons. The summed E-state index contributed by atoms with van der Waals surface area (Å²) in [4.78, 5) is 90.8. The molecule has 0 amide bonds. The Morgan fingerprint density at radius 2 is 0.768 bits per heavy atom. The average molecular weight is 1530 g/mol. The smallest absolute Gasteiger partial charge is 0.297 e. The van der Waals surface area contributed by atoms with E-state index >= 15 is 0 Å². The lowest BCUT2D eigenvalue weighted by atomic mass is 9.91. The Labute approximate surface area is 641 Å². The highest BCUT2D eigenvalue weighted by Gasteiger charge is 2.30. The Kier molecular flexibility index (Phi) is 27.9. The summed E-state index contributed by atoms with van der Waals surface area (Å²) in [5, 5.41) is 88.6. The third-order valence-electron chi connectivity index (χ3n) is 16.0. The number of hydrogen-bond donors (Lipinski definition) is 10. The van der Waals surface area contributed by atoms with Gasteiger partial charge in [0.2, 0.25) is 17.5 Å². The van der Waals surface area contributed by atoms with Crippen molar-refractivity contribution in [2.45, 2.75) is 171 Å². The number of carbonyl (C=O) groups excluding carboxylic acids is 2. The molecule has 0 aliphatic heterocycles. The van der Waals surface area contributed by atoms with Gasteiger partial charge >= 0.3 is 6.15 Å². The average Bonchev–Trinajstić information content (AvgIpc) is 1.68. The molecular weight excluding hydrogens is 1440 g/mol. The number of aromatic nitrogens is 20. The number of aromatic amines is 10. The maximum atomic E-state index is 12.6. The summed E-state index contributed by atoms with van der Waals surface area (Å²) in [6, 6.07) is 9.20. The second-order valence-corrected chi connectivity index (χ2v) is 29.9. The van der Waals surface area contributed by atoms with Crippen LogP contribution in [0.1, 0.15) is 169 Å². The van der Waals surface area contributed by atoms with Gasteiger partial charge in [-0.1, -0.05) is 136 Å². The van der Waals surface area contributed by atoms with Crippen LogP contribution >= 0.6 is 0 Å². The summed E-state index contributed by atoms with van der Waals surface area (Å²) < 4.78 is 6.91. The lowest BCUT2D eigenvalue weighted by Crippen LogP contribution is -2.13. The Hall–Kier alpha value is -14.3. The van der Waals surface area contributed by atoms with Gasteiger partial charge in [0.15, 0.2) is 40.1 Å². The van der Waals surface area contributed by atoms with E-state index < -0.39 is 0 Å². The van der Waals surface area contributed by atoms with E-state index in [2.05, 4.69) is 147 Å². The van der Waals surface area contributed by atoms with Crippen LogP contribution in [0.25, 0.3) is 25.1 Å². The third kappa shape index (κ3) is 20.7. The van der Waals surface area contributed by atoms with Crippen LogP contribution in [0.5, 0.6) is 0 Å². The number of benzene rings is 1. The number of para-hydroxylation sites is 1. The van der Waals surface area contributed by atoms with Gasteiger partial charge in [-0.15, -0.1) is 51.1 Å². The maximum absolute atomic E-state index is 12.6. The van der Waals surface area contributed by atoms with Gasteiger partial charge in [-0.2, -0.15) is 35.1 Å². The number of aryl methyl sites for hydroxylation is 8. The number of azo groups is 5. The summed E-state index contributed by atoms with van der Waals surface area (Å²) >= 11 is 0. The molecule has 0 saturated heterocycles. The van der Waals surface area contributed by atoms with Crippen LogP contribution < -0.4 is 27.8 Å². The molecule has 10 N–H and O–H groups in total. The molecule has 1 aromatic carbocycles. The zero-order valence-corrected chi connectivity index (χ0v) is 66.5. The predicted molar refractivity (Wildman–Crippen MR) is 416 cm³/mol. The van der Waals surface area contributed by atoms with Gasteiger partial charge in [0.05, 0.1) is 72.8 Å². The Balaban J connectivity index is 0.000000217. The van der Waals surface area contributed by atoms with Crippen LogP contribution in [0.15, 0.2) is 118 Å². The van der Waals surface area contributed by atoms with Crippen LogP contribution in [0.3, 0.4) is 0 Å². The second-order valence-electron chi connectivity index (χ2n) is 29.9. The zero-order valence-electron chi connectivity index (χ0n) is 66.5. The van der Waals surface area contributed by atoms with E-state index in [0.717, 1.165) is 17.7 Å². The summed E-state index contributed by atoms with van der Waals surface area (Å²) in [5.74, 6) is 1.40. The largest absolute Gasteiger partial charge is 0.373 e. The summed E-state index contributed by atoms with van der Waals surface area (Å²) in [5.41, 5.74) is 7.01. The van der Waals surface area contributed by atoms with Gasteiger partial charge in [0, 0.05) is 72.5 Å². The van der Waals surface area contributed by atoms with E-state index in [9.17, 15) is 24.0 Å². The summed E-state index contributed by atoms with van der Waals surface area (Å²) in [6.07, 6.45) is 4.79. The third-order valence-corrected chi connectivity index (χ3v) is 16.0. The van der Waals surface area contributed by atoms with Crippen molar-refractivity contribution in [3.63, 3.8) is 0 Å². The molecule has 11 rings (SSSR count). The minimum absolute atomic E-state index is 0.177. The van der Waals surface area contributed by atoms with E-state index in [0.29, 0.717) is 80.5 Å². The van der Waals surface area contributed by atoms with Crippen molar-refractivity contribution in [2.24, 2.45) is 79.3 Å². The number of nitrogens with one attached hydrogen (secondary N) is 10. The molecule has 0 fully saturated rings. The monoisotopic (exact) mass is 1530 g/mol. The van der Waals surface area contributed by atoms with Gasteiger partial charge in [-0.05, 0) is 44.2 Å². The molecule has 0 aliphatic rings. The van der Waals surface area contributed by atoms with E-state index in [4.69, 9.17) is 35.9 Å². The Bertz CT molecular complexity index is 5820. The molecule has 0 spiro atoms. The van der Waals surface area contributed by atoms with Crippen molar-refractivity contribution >= 4 is 86.4 Å². The molecule has 112 heavy (non-hydrogen) atoms. The first-order valence-corrected chi connectivity index (χ1v) is 34.4. The molecular formula is C71H90N34O7. The van der Waals surface area contributed by atoms with E-state index in [1.165, 1.54) is 29.6 Å². The maximum Gasteiger partial charge on any atom is 0.373 e. The van der Waals surface area contributed by atoms with Gasteiger partial charge in [0.1, 0.15) is 0 Å². The van der Waals surface area contributed by atoms with Gasteiger partial charge < -0.3 is 0 Å². The molecule has 0 atom stereocenters. The topological polar surface area (TPSA) is 508 Å². The summed E-state index contributed by atoms with van der Waals surface area (Å²) in [7, 11) is 6.55. The van der Waals surface area contributed by atoms with Crippen molar-refractivity contribution in [1.82, 2.24) is 99.9 Å². The molecule has 0 bridgehead atoms. The van der Waals surface area contributed by atoms with Crippen molar-refractivity contribution in [2.75, 3.05) is 0 Å². The first-order chi connectivity index (χ1) is 52.5. The highest BCUT2D eigenvalue weighted by molar-refractivity contribution is 5.68. The standard InChI is InChI=1S/C18H19N7O.C14H19N7O.C13H17N7O.C13H20N6O.C12H15N7O.CO2/c1-11-13(17(26)25(24-11)12-9-7-6-8-10-12)20-22-16-14(19-5)15(21-23-16)18(2,3)4;1-7-8-9(15-5)12(18-16-8)19-17-10-11(14(2,3)4)20-21(6)13(10)22;1-7-8(14-5)11(17-15-7)18-16-9-10(13(2,3)4)19-20(6)12(9)21;1-6-8-7-14-16-11(8)17-15-9-10(13(2,3)4)18-19(5)12(9)20;1-12(2,3)9-8(11(20)19(5)18-9)15-17-10-7(13-4)6-14-16-10;2-1-3/h6-10,24H,1-4H3,(H,21,23);20H,7H2,1-4,6H3,(H,16,18);19H,1-4,6H3,(H,15,17);7,18H,6H2,1-5H3,(H,14,16);6,18H,1-3,5H3,(H,14,16);. The lowest BCUT2D eigenvalue weighted by molar-refractivity contribution is -0.191. The normalized spacial score (nSPS) is 11.8. The van der Waals surface area contributed by atoms with E-state index in [1.807, 2.05) is 148 Å². The Morgan fingerprint density at radius 1 is 0.402 bits per heavy atom. The van der Waals surface area contributed by atoms with Gasteiger partial charge in [0.25, 0.3) is 50.5 Å². The first-order valence-electron chi connectivity index (χ1n) is 34.4. The quantitative estimate of drug-likeness (QED) is 0.0380. The summed E-state index contributed by atoms with van der Waals surface area (Å²) in [6.45, 7) is 65.8. The second kappa shape index (κ2) is 36.0. The number of nitrogens with zero attached hydrogens (tertiary/aromatic N) is 24. The fourth-order valence-corrected chi connectivity index (χ4v) is 10.0. The van der Waals surface area contributed by atoms with Gasteiger partial charge in [-0.25, -0.2) is 24.1 Å². The number of hydrogen-bond acceptors (Lipinski definition) is 22. The Morgan fingerprint density at radius 3 is 1.17 bits per heavy atom. The number of rotatable bonds is 13. The first kappa shape index (κ1) is 86.6. The van der Waals surface area contributed by atoms with Crippen LogP contribution in [0, 0.1) is 40.1 Å². The van der Waals surface area contributed by atoms with Gasteiger partial charge in [-0.3, -0.25) is 93.7 Å². The van der Waals surface area contributed by atoms with Crippen molar-refractivity contribution < 1.29 is 9.59 Å². The molecule has 0 unspecified atom stereocenters. The van der Waals surface area contributed by atoms with Crippen LogP contribution in [0.2, 0.25) is 0 Å². The SMILES string of the molecule is CCc1cn[nH]c1N=Nc1c(C(C)(C)C)[nH]n(C)c1=O.O=C=O.[C-]#[N+]c1c(N=Nc2c(C(C)(C)C)[nH]n(C)c2=O)n[nH]c1C.[C-]#[N+]c1c(N=Nc2c(C(C)(C)C)[nH]n(C)c2=O)n[nH]c1CC.[C-]#[N+]c1c(N=Nc2c(C)[nH]n(-c3ccccc3)c2=O)n[nH]c1C(C)(C)C.[C-]#[N+]c1cn[nH]c1N=Nc1c(C(C)(C)C)[nH]n(C)c1=O. The predicted octanol–water partition coefficient (Wildman–Crippen LogP) is 15.6. The van der Waals surface area contributed by atoms with Crippen LogP contribution in [-0.2, 0) is 77.7 Å². The van der Waals surface area contributed by atoms with E-state index in [-0.39, 0.29) is 113 Å². The fraction of sp³-hybridized carbons (Fsp3) is 0.423. The minimum atomic E-state index is -0.312. The molecule has 10 heterocycles. The molecule has 41 nitrogen and oxygen atoms in total. The molecule has 41 heteroatoms. The highest BCUT2D eigenvalue weighted by Crippen LogP contribution is 2.39. The number of H-pyrrole nitrogens is 10. The van der Waals surface area contributed by atoms with Crippen LogP contribution in [0.4, 0.5) is 80.3 Å². The lowest BCUT2D eigenvalue weighted by Gasteiger charge is -2.16. The molecule has 586 valence electrons. The van der Waals surface area contributed by atoms with E-state index in [1.54, 1.807) is 48.2 Å². The molecule has 0 aliphatic carbocycles. The minimum Gasteiger partial charge on any atom is -0.297 e. The zero-order chi connectivity index (χ0) is 83.7.